The Morgan fingerprint density at radius 3 is 2.60 bits per heavy atom. The Kier molecular flexibility index (Phi) is 3.69. The molecule has 110 valence electrons. The van der Waals surface area contributed by atoms with Crippen molar-refractivity contribution in [1.82, 2.24) is 0 Å². The predicted octanol–water partition coefficient (Wildman–Crippen LogP) is 3.52. The molecule has 1 aliphatic rings. The summed E-state index contributed by atoms with van der Waals surface area (Å²) >= 11 is 0. The van der Waals surface area contributed by atoms with E-state index in [0.29, 0.717) is 17.7 Å². The summed E-state index contributed by atoms with van der Waals surface area (Å²) in [6.07, 6.45) is -2.60. The van der Waals surface area contributed by atoms with Crippen LogP contribution in [0.5, 0.6) is 11.5 Å². The van der Waals surface area contributed by atoms with Crippen LogP contribution in [0.15, 0.2) is 24.3 Å². The van der Waals surface area contributed by atoms with Crippen LogP contribution in [0.4, 0.5) is 13.2 Å². The molecule has 0 saturated carbocycles. The van der Waals surface area contributed by atoms with Crippen molar-refractivity contribution in [2.24, 2.45) is 0 Å². The van der Waals surface area contributed by atoms with Gasteiger partial charge in [-0.25, -0.2) is 0 Å². The van der Waals surface area contributed by atoms with Crippen LogP contribution in [0.1, 0.15) is 25.8 Å². The highest BCUT2D eigenvalue weighted by Gasteiger charge is 2.32. The average molecular weight is 288 g/mol. The Hall–Kier alpha value is -1.69. The normalized spacial score (nSPS) is 17.0. The van der Waals surface area contributed by atoms with Crippen LogP contribution < -0.4 is 9.47 Å². The molecule has 0 fully saturated rings. The van der Waals surface area contributed by atoms with Gasteiger partial charge in [0.15, 0.2) is 0 Å². The second-order valence-electron chi connectivity index (χ2n) is 5.05. The molecule has 20 heavy (non-hydrogen) atoms. The van der Waals surface area contributed by atoms with Gasteiger partial charge in [-0.2, -0.15) is 0 Å². The van der Waals surface area contributed by atoms with Crippen molar-refractivity contribution in [3.8, 4) is 11.5 Å². The monoisotopic (exact) mass is 288 g/mol. The lowest BCUT2D eigenvalue weighted by atomic mass is 9.93. The predicted molar refractivity (Wildman–Crippen MR) is 67.5 cm³/mol. The molecule has 0 spiro atoms. The van der Waals surface area contributed by atoms with E-state index in [-0.39, 0.29) is 12.4 Å². The van der Waals surface area contributed by atoms with Crippen molar-refractivity contribution in [3.63, 3.8) is 0 Å². The van der Waals surface area contributed by atoms with Gasteiger partial charge in [-0.15, -0.1) is 13.2 Å². The third kappa shape index (κ3) is 3.45. The number of halogens is 3. The van der Waals surface area contributed by atoms with Crippen LogP contribution in [-0.2, 0) is 0 Å². The van der Waals surface area contributed by atoms with E-state index in [1.54, 1.807) is 6.08 Å². The average Bonchev–Trinajstić information content (AvgIpc) is 2.27. The third-order valence-corrected chi connectivity index (χ3v) is 2.81. The summed E-state index contributed by atoms with van der Waals surface area (Å²) in [6, 6.07) is 3.94. The SMILES string of the molecule is CC1(C)C=C(CCO)c2cc(OC(F)(F)F)ccc2O1. The lowest BCUT2D eigenvalue weighted by molar-refractivity contribution is -0.274. The Morgan fingerprint density at radius 1 is 1.30 bits per heavy atom. The van der Waals surface area contributed by atoms with Gasteiger partial charge in [-0.3, -0.25) is 0 Å². The van der Waals surface area contributed by atoms with Crippen LogP contribution in [0.25, 0.3) is 5.57 Å². The van der Waals surface area contributed by atoms with Gasteiger partial charge in [-0.1, -0.05) is 0 Å². The minimum atomic E-state index is -4.73. The molecule has 0 unspecified atom stereocenters. The second-order valence-corrected chi connectivity index (χ2v) is 5.05. The van der Waals surface area contributed by atoms with Gasteiger partial charge in [0, 0.05) is 12.2 Å². The van der Waals surface area contributed by atoms with E-state index in [2.05, 4.69) is 4.74 Å². The maximum atomic E-state index is 12.2. The minimum Gasteiger partial charge on any atom is -0.483 e. The largest absolute Gasteiger partial charge is 0.573 e. The number of ether oxygens (including phenoxy) is 2. The van der Waals surface area contributed by atoms with E-state index in [4.69, 9.17) is 9.84 Å². The topological polar surface area (TPSA) is 38.7 Å². The summed E-state index contributed by atoms with van der Waals surface area (Å²) in [5.41, 5.74) is 0.690. The van der Waals surface area contributed by atoms with Gasteiger partial charge >= 0.3 is 6.36 Å². The Bertz CT molecular complexity index is 533. The first kappa shape index (κ1) is 14.7. The summed E-state index contributed by atoms with van der Waals surface area (Å²) in [5, 5.41) is 9.08. The number of aliphatic hydroxyl groups excluding tert-OH is 1. The molecule has 0 aromatic heterocycles. The lowest BCUT2D eigenvalue weighted by Gasteiger charge is -2.31. The van der Waals surface area contributed by atoms with Crippen molar-refractivity contribution >= 4 is 5.57 Å². The molecule has 0 aliphatic carbocycles. The number of alkyl halides is 3. The zero-order valence-electron chi connectivity index (χ0n) is 11.1. The van der Waals surface area contributed by atoms with Gasteiger partial charge in [-0.05, 0) is 50.1 Å². The van der Waals surface area contributed by atoms with E-state index in [0.717, 1.165) is 5.57 Å². The van der Waals surface area contributed by atoms with Gasteiger partial charge in [0.2, 0.25) is 0 Å². The molecule has 0 bridgehead atoms. The highest BCUT2D eigenvalue weighted by Crippen LogP contribution is 2.40. The van der Waals surface area contributed by atoms with Crippen molar-refractivity contribution in [3.05, 3.63) is 29.8 Å². The van der Waals surface area contributed by atoms with Crippen molar-refractivity contribution in [2.75, 3.05) is 6.61 Å². The van der Waals surface area contributed by atoms with Crippen LogP contribution in [0, 0.1) is 0 Å². The molecule has 0 saturated heterocycles. The van der Waals surface area contributed by atoms with Crippen LogP contribution in [0.3, 0.4) is 0 Å². The first-order chi connectivity index (χ1) is 9.20. The fourth-order valence-electron chi connectivity index (χ4n) is 2.18. The van der Waals surface area contributed by atoms with E-state index >= 15 is 0 Å². The van der Waals surface area contributed by atoms with Crippen LogP contribution in [-0.4, -0.2) is 23.7 Å². The van der Waals surface area contributed by atoms with Gasteiger partial charge in [0.1, 0.15) is 17.1 Å². The highest BCUT2D eigenvalue weighted by atomic mass is 19.4. The standard InChI is InChI=1S/C14H15F3O3/c1-13(2)8-9(5-6-18)11-7-10(19-14(15,16)17)3-4-12(11)20-13/h3-4,7-8,18H,5-6H2,1-2H3. The van der Waals surface area contributed by atoms with Gasteiger partial charge in [0.05, 0.1) is 0 Å². The molecule has 1 heterocycles. The molecule has 1 aliphatic heterocycles. The zero-order chi connectivity index (χ0) is 15.0. The molecule has 1 aromatic carbocycles. The van der Waals surface area contributed by atoms with E-state index in [9.17, 15) is 13.2 Å². The molecule has 0 radical (unpaired) electrons. The van der Waals surface area contributed by atoms with Gasteiger partial charge < -0.3 is 14.6 Å². The summed E-state index contributed by atoms with van der Waals surface area (Å²) in [6.45, 7) is 3.59. The fraction of sp³-hybridized carbons (Fsp3) is 0.429. The number of hydrogen-bond donors (Lipinski definition) is 1. The highest BCUT2D eigenvalue weighted by molar-refractivity contribution is 5.74. The fourth-order valence-corrected chi connectivity index (χ4v) is 2.18. The van der Waals surface area contributed by atoms with Crippen molar-refractivity contribution < 1.29 is 27.8 Å². The first-order valence-electron chi connectivity index (χ1n) is 6.12. The number of benzene rings is 1. The second kappa shape index (κ2) is 5.01. The molecule has 3 nitrogen and oxygen atoms in total. The quantitative estimate of drug-likeness (QED) is 0.925. The van der Waals surface area contributed by atoms with E-state index in [1.165, 1.54) is 18.2 Å². The molecule has 2 rings (SSSR count). The Labute approximate surface area is 114 Å². The first-order valence-corrected chi connectivity index (χ1v) is 6.12. The maximum absolute atomic E-state index is 12.2. The number of rotatable bonds is 3. The Morgan fingerprint density at radius 2 is 2.00 bits per heavy atom. The Balaban J connectivity index is 2.39. The minimum absolute atomic E-state index is 0.0916. The third-order valence-electron chi connectivity index (χ3n) is 2.81. The molecule has 1 N–H and O–H groups in total. The molecule has 0 atom stereocenters. The van der Waals surface area contributed by atoms with Crippen LogP contribution in [0.2, 0.25) is 0 Å². The van der Waals surface area contributed by atoms with Gasteiger partial charge in [0.25, 0.3) is 0 Å². The van der Waals surface area contributed by atoms with Crippen molar-refractivity contribution in [2.45, 2.75) is 32.2 Å². The smallest absolute Gasteiger partial charge is 0.483 e. The number of aliphatic hydroxyl groups is 1. The summed E-state index contributed by atoms with van der Waals surface area (Å²) in [4.78, 5) is 0. The molecule has 6 heteroatoms. The van der Waals surface area contributed by atoms with E-state index < -0.39 is 12.0 Å². The zero-order valence-corrected chi connectivity index (χ0v) is 11.1. The van der Waals surface area contributed by atoms with Crippen LogP contribution >= 0.6 is 0 Å². The number of fused-ring (bicyclic) bond motifs is 1. The molecule has 1 aromatic rings. The summed E-state index contributed by atoms with van der Waals surface area (Å²) in [7, 11) is 0. The summed E-state index contributed by atoms with van der Waals surface area (Å²) in [5.74, 6) is 0.180. The molecular formula is C14H15F3O3. The number of hydrogen-bond acceptors (Lipinski definition) is 3. The summed E-state index contributed by atoms with van der Waals surface area (Å²) < 4.78 is 46.3. The lowest BCUT2D eigenvalue weighted by Crippen LogP contribution is -2.29. The molecule has 0 amide bonds. The van der Waals surface area contributed by atoms with Crippen molar-refractivity contribution in [1.29, 1.82) is 0 Å². The molecular weight excluding hydrogens is 273 g/mol. The van der Waals surface area contributed by atoms with E-state index in [1.807, 2.05) is 13.8 Å². The maximum Gasteiger partial charge on any atom is 0.573 e.